The molecule has 1 atom stereocenters. The summed E-state index contributed by atoms with van der Waals surface area (Å²) < 4.78 is 0. The van der Waals surface area contributed by atoms with E-state index in [1.165, 1.54) is 0 Å². The van der Waals surface area contributed by atoms with Gasteiger partial charge in [0, 0.05) is 36.6 Å². The molecule has 1 rings (SSSR count). The summed E-state index contributed by atoms with van der Waals surface area (Å²) in [6, 6.07) is -0.321. The maximum Gasteiger partial charge on any atom is 0.156 e. The number of carbonyl (C=O) groups is 1. The van der Waals surface area contributed by atoms with Crippen LogP contribution in [0, 0.1) is 5.41 Å². The topological polar surface area (TPSA) is 46.3 Å². The summed E-state index contributed by atoms with van der Waals surface area (Å²) in [4.78, 5) is 14.4. The molecule has 0 aromatic rings. The molecule has 2 N–H and O–H groups in total. The third-order valence-electron chi connectivity index (χ3n) is 3.45. The van der Waals surface area contributed by atoms with E-state index in [2.05, 4.69) is 4.90 Å². The molecular weight excluding hydrogens is 220 g/mol. The quantitative estimate of drug-likeness (QED) is 0.793. The van der Waals surface area contributed by atoms with Crippen molar-refractivity contribution in [2.24, 2.45) is 11.1 Å². The van der Waals surface area contributed by atoms with Crippen molar-refractivity contribution in [2.45, 2.75) is 33.2 Å². The minimum atomic E-state index is -0.321. The first-order valence-corrected chi connectivity index (χ1v) is 7.23. The average Bonchev–Trinajstić information content (AvgIpc) is 2.29. The molecule has 0 amide bonds. The van der Waals surface area contributed by atoms with Gasteiger partial charge in [-0.25, -0.2) is 0 Å². The first-order valence-electron chi connectivity index (χ1n) is 6.07. The molecule has 3 nitrogen and oxygen atoms in total. The molecule has 0 radical (unpaired) electrons. The number of carbonyl (C=O) groups excluding carboxylic acids is 1. The number of rotatable bonds is 5. The van der Waals surface area contributed by atoms with Gasteiger partial charge in [0.05, 0.1) is 6.04 Å². The van der Waals surface area contributed by atoms with Crippen LogP contribution in [0.4, 0.5) is 0 Å². The van der Waals surface area contributed by atoms with Crippen LogP contribution in [0.3, 0.4) is 0 Å². The van der Waals surface area contributed by atoms with Gasteiger partial charge in [-0.05, 0) is 6.42 Å². The van der Waals surface area contributed by atoms with E-state index in [1.807, 2.05) is 32.5 Å². The zero-order valence-electron chi connectivity index (χ0n) is 10.7. The van der Waals surface area contributed by atoms with Gasteiger partial charge in [0.15, 0.2) is 5.78 Å². The molecule has 1 heterocycles. The van der Waals surface area contributed by atoms with Crippen molar-refractivity contribution < 1.29 is 4.79 Å². The monoisotopic (exact) mass is 244 g/mol. The zero-order chi connectivity index (χ0) is 12.2. The Hall–Kier alpha value is -0.0600. The lowest BCUT2D eigenvalue weighted by Gasteiger charge is -2.31. The smallest absolute Gasteiger partial charge is 0.156 e. The molecular formula is C12H24N2OS. The van der Waals surface area contributed by atoms with E-state index in [-0.39, 0.29) is 17.2 Å². The highest BCUT2D eigenvalue weighted by molar-refractivity contribution is 7.99. The minimum Gasteiger partial charge on any atom is -0.320 e. The second-order valence-corrected chi connectivity index (χ2v) is 6.35. The largest absolute Gasteiger partial charge is 0.320 e. The van der Waals surface area contributed by atoms with Crippen LogP contribution in [-0.4, -0.2) is 47.9 Å². The summed E-state index contributed by atoms with van der Waals surface area (Å²) in [5, 5.41) is 0. The fraction of sp³-hybridized carbons (Fsp3) is 0.917. The Labute approximate surface area is 103 Å². The van der Waals surface area contributed by atoms with Crippen LogP contribution in [0.15, 0.2) is 0 Å². The molecule has 4 heteroatoms. The van der Waals surface area contributed by atoms with E-state index in [0.717, 1.165) is 37.6 Å². The SMILES string of the molecule is CCC(C)(C)C(=O)C(N)CN1CCSCC1. The maximum atomic E-state index is 12.1. The van der Waals surface area contributed by atoms with Crippen molar-refractivity contribution in [3.8, 4) is 0 Å². The van der Waals surface area contributed by atoms with Crippen LogP contribution < -0.4 is 5.73 Å². The predicted molar refractivity (Wildman–Crippen MR) is 70.8 cm³/mol. The van der Waals surface area contributed by atoms with E-state index in [0.29, 0.717) is 0 Å². The number of nitrogens with zero attached hydrogens (tertiary/aromatic N) is 1. The van der Waals surface area contributed by atoms with E-state index in [4.69, 9.17) is 5.73 Å². The summed E-state index contributed by atoms with van der Waals surface area (Å²) in [6.07, 6.45) is 0.857. The molecule has 1 unspecified atom stereocenters. The Morgan fingerprint density at radius 3 is 2.50 bits per heavy atom. The van der Waals surface area contributed by atoms with Gasteiger partial charge in [0.1, 0.15) is 0 Å². The lowest BCUT2D eigenvalue weighted by Crippen LogP contribution is -2.49. The first kappa shape index (κ1) is 14.0. The minimum absolute atomic E-state index is 0.202. The van der Waals surface area contributed by atoms with Crippen molar-refractivity contribution in [1.82, 2.24) is 4.90 Å². The number of hydrogen-bond donors (Lipinski definition) is 1. The Balaban J connectivity index is 2.44. The van der Waals surface area contributed by atoms with Gasteiger partial charge in [0.25, 0.3) is 0 Å². The predicted octanol–water partition coefficient (Wildman–Crippen LogP) is 1.37. The molecule has 1 fully saturated rings. The summed E-state index contributed by atoms with van der Waals surface area (Å²) in [7, 11) is 0. The maximum absolute atomic E-state index is 12.1. The van der Waals surface area contributed by atoms with Crippen molar-refractivity contribution in [3.63, 3.8) is 0 Å². The summed E-state index contributed by atoms with van der Waals surface area (Å²) in [5.74, 6) is 2.53. The van der Waals surface area contributed by atoms with Crippen LogP contribution in [0.1, 0.15) is 27.2 Å². The molecule has 0 saturated carbocycles. The summed E-state index contributed by atoms with van der Waals surface area (Å²) in [6.45, 7) is 8.88. The summed E-state index contributed by atoms with van der Waals surface area (Å²) in [5.41, 5.74) is 5.74. The van der Waals surface area contributed by atoms with Crippen LogP contribution >= 0.6 is 11.8 Å². The van der Waals surface area contributed by atoms with Gasteiger partial charge in [-0.15, -0.1) is 0 Å². The third-order valence-corrected chi connectivity index (χ3v) is 4.39. The highest BCUT2D eigenvalue weighted by atomic mass is 32.2. The van der Waals surface area contributed by atoms with Gasteiger partial charge in [-0.3, -0.25) is 9.69 Å². The number of nitrogens with two attached hydrogens (primary N) is 1. The molecule has 0 spiro atoms. The molecule has 0 aliphatic carbocycles. The van der Waals surface area contributed by atoms with Gasteiger partial charge < -0.3 is 5.73 Å². The highest BCUT2D eigenvalue weighted by Crippen LogP contribution is 2.22. The number of Topliss-reactive ketones (excluding diaryl/α,β-unsaturated/α-hetero) is 1. The number of thioether (sulfide) groups is 1. The number of hydrogen-bond acceptors (Lipinski definition) is 4. The summed E-state index contributed by atoms with van der Waals surface area (Å²) >= 11 is 1.98. The van der Waals surface area contributed by atoms with Crippen LogP contribution in [0.5, 0.6) is 0 Å². The van der Waals surface area contributed by atoms with E-state index in [9.17, 15) is 4.79 Å². The van der Waals surface area contributed by atoms with Crippen molar-refractivity contribution >= 4 is 17.5 Å². The molecule has 0 bridgehead atoms. The molecule has 0 aromatic carbocycles. The molecule has 0 aromatic heterocycles. The van der Waals surface area contributed by atoms with Crippen LogP contribution in [0.25, 0.3) is 0 Å². The Bertz CT molecular complexity index is 237. The van der Waals surface area contributed by atoms with Gasteiger partial charge in [0.2, 0.25) is 0 Å². The van der Waals surface area contributed by atoms with Crippen LogP contribution in [-0.2, 0) is 4.79 Å². The molecule has 1 aliphatic heterocycles. The van der Waals surface area contributed by atoms with Crippen LogP contribution in [0.2, 0.25) is 0 Å². The van der Waals surface area contributed by atoms with Gasteiger partial charge in [-0.2, -0.15) is 11.8 Å². The van der Waals surface area contributed by atoms with E-state index in [1.54, 1.807) is 0 Å². The van der Waals surface area contributed by atoms with Gasteiger partial charge in [-0.1, -0.05) is 20.8 Å². The lowest BCUT2D eigenvalue weighted by atomic mass is 9.82. The molecule has 1 saturated heterocycles. The van der Waals surface area contributed by atoms with Crippen molar-refractivity contribution in [3.05, 3.63) is 0 Å². The van der Waals surface area contributed by atoms with Crippen molar-refractivity contribution in [1.29, 1.82) is 0 Å². The Morgan fingerprint density at radius 2 is 2.00 bits per heavy atom. The molecule has 1 aliphatic rings. The van der Waals surface area contributed by atoms with Crippen molar-refractivity contribution in [2.75, 3.05) is 31.1 Å². The fourth-order valence-corrected chi connectivity index (χ4v) is 2.80. The van der Waals surface area contributed by atoms with E-state index >= 15 is 0 Å². The lowest BCUT2D eigenvalue weighted by molar-refractivity contribution is -0.129. The number of ketones is 1. The normalized spacial score (nSPS) is 20.8. The Kier molecular flexibility index (Phi) is 5.28. The first-order chi connectivity index (χ1) is 7.47. The second-order valence-electron chi connectivity index (χ2n) is 5.12. The molecule has 16 heavy (non-hydrogen) atoms. The Morgan fingerprint density at radius 1 is 1.44 bits per heavy atom. The highest BCUT2D eigenvalue weighted by Gasteiger charge is 2.31. The zero-order valence-corrected chi connectivity index (χ0v) is 11.5. The average molecular weight is 244 g/mol. The van der Waals surface area contributed by atoms with Gasteiger partial charge >= 0.3 is 0 Å². The third kappa shape index (κ3) is 3.75. The fourth-order valence-electron chi connectivity index (χ4n) is 1.82. The van der Waals surface area contributed by atoms with E-state index < -0.39 is 0 Å². The second kappa shape index (κ2) is 6.03. The standard InChI is InChI=1S/C12H24N2OS/c1-4-12(2,3)11(15)10(13)9-14-5-7-16-8-6-14/h10H,4-9,13H2,1-3H3. The molecule has 94 valence electrons.